The number of carboxylic acid groups (broad SMARTS) is 1. The third-order valence-electron chi connectivity index (χ3n) is 2.74. The molecule has 0 spiro atoms. The number of hydrogen-bond acceptors (Lipinski definition) is 5. The van der Waals surface area contributed by atoms with Crippen LogP contribution in [0.3, 0.4) is 0 Å². The topological polar surface area (TPSA) is 134 Å². The van der Waals surface area contributed by atoms with Crippen molar-refractivity contribution in [3.8, 4) is 0 Å². The molecule has 21 heavy (non-hydrogen) atoms. The van der Waals surface area contributed by atoms with Gasteiger partial charge in [-0.2, -0.15) is 0 Å². The fourth-order valence-electron chi connectivity index (χ4n) is 1.45. The quantitative estimate of drug-likeness (QED) is 0.286. The molecule has 1 atom stereocenters. The van der Waals surface area contributed by atoms with Crippen molar-refractivity contribution >= 4 is 11.9 Å². The van der Waals surface area contributed by atoms with Gasteiger partial charge in [0.25, 0.3) is 0 Å². The highest BCUT2D eigenvalue weighted by molar-refractivity contribution is 5.75. The van der Waals surface area contributed by atoms with Gasteiger partial charge >= 0.3 is 5.97 Å². The number of hydrogen-bond donors (Lipinski definition) is 4. The van der Waals surface area contributed by atoms with E-state index in [2.05, 4.69) is 29.6 Å². The van der Waals surface area contributed by atoms with Gasteiger partial charge in [-0.3, -0.25) is 9.79 Å². The lowest BCUT2D eigenvalue weighted by Crippen LogP contribution is -2.30. The van der Waals surface area contributed by atoms with Crippen LogP contribution in [0.25, 0.3) is 0 Å². The van der Waals surface area contributed by atoms with Gasteiger partial charge in [-0.1, -0.05) is 6.58 Å². The number of guanidine groups is 1. The lowest BCUT2D eigenvalue weighted by atomic mass is 10.2. The van der Waals surface area contributed by atoms with Crippen LogP contribution in [0.15, 0.2) is 30.2 Å². The van der Waals surface area contributed by atoms with Crippen LogP contribution in [0.1, 0.15) is 19.8 Å². The predicted molar refractivity (Wildman–Crippen MR) is 83.9 cm³/mol. The SMILES string of the molecule is C=CN1C=CN(CC)C1.NC(N)=NCCCC(N)C(=O)O. The first-order chi connectivity index (χ1) is 9.90. The number of nitrogens with zero attached hydrogens (tertiary/aromatic N) is 3. The van der Waals surface area contributed by atoms with E-state index in [0.717, 1.165) is 13.2 Å². The van der Waals surface area contributed by atoms with Gasteiger partial charge in [-0.25, -0.2) is 0 Å². The molecule has 0 aliphatic carbocycles. The second-order valence-electron chi connectivity index (χ2n) is 4.43. The molecule has 0 amide bonds. The summed E-state index contributed by atoms with van der Waals surface area (Å²) in [5, 5.41) is 8.38. The highest BCUT2D eigenvalue weighted by Crippen LogP contribution is 2.04. The maximum Gasteiger partial charge on any atom is 0.320 e. The van der Waals surface area contributed by atoms with E-state index < -0.39 is 12.0 Å². The second-order valence-corrected chi connectivity index (χ2v) is 4.43. The van der Waals surface area contributed by atoms with Crippen molar-refractivity contribution in [2.45, 2.75) is 25.8 Å². The average Bonchev–Trinajstić information content (AvgIpc) is 2.91. The van der Waals surface area contributed by atoms with Crippen molar-refractivity contribution in [1.82, 2.24) is 9.80 Å². The maximum atomic E-state index is 10.2. The Morgan fingerprint density at radius 2 is 2.19 bits per heavy atom. The normalized spacial score (nSPS) is 14.2. The molecule has 8 heteroatoms. The number of aliphatic imine (C=N–C) groups is 1. The zero-order valence-electron chi connectivity index (χ0n) is 12.5. The predicted octanol–water partition coefficient (Wildman–Crippen LogP) is -0.352. The summed E-state index contributed by atoms with van der Waals surface area (Å²) in [5.74, 6) is -0.987. The zero-order valence-corrected chi connectivity index (χ0v) is 12.5. The number of carbonyl (C=O) groups is 1. The lowest BCUT2D eigenvalue weighted by molar-refractivity contribution is -0.138. The Morgan fingerprint density at radius 3 is 2.57 bits per heavy atom. The van der Waals surface area contributed by atoms with E-state index in [1.807, 2.05) is 17.3 Å². The van der Waals surface area contributed by atoms with Gasteiger partial charge < -0.3 is 32.1 Å². The van der Waals surface area contributed by atoms with E-state index in [-0.39, 0.29) is 5.96 Å². The van der Waals surface area contributed by atoms with E-state index in [1.165, 1.54) is 0 Å². The van der Waals surface area contributed by atoms with Gasteiger partial charge in [0, 0.05) is 25.5 Å². The fraction of sp³-hybridized carbons (Fsp3) is 0.538. The minimum atomic E-state index is -1.00. The third-order valence-corrected chi connectivity index (χ3v) is 2.74. The monoisotopic (exact) mass is 298 g/mol. The number of rotatable bonds is 7. The van der Waals surface area contributed by atoms with Gasteiger partial charge in [0.15, 0.2) is 5.96 Å². The molecule has 1 unspecified atom stereocenters. The van der Waals surface area contributed by atoms with Crippen molar-refractivity contribution in [2.75, 3.05) is 19.8 Å². The Hall–Kier alpha value is -2.22. The molecule has 7 N–H and O–H groups in total. The van der Waals surface area contributed by atoms with Crippen molar-refractivity contribution < 1.29 is 9.90 Å². The van der Waals surface area contributed by atoms with Crippen LogP contribution in [0, 0.1) is 0 Å². The minimum absolute atomic E-state index is 0.0129. The van der Waals surface area contributed by atoms with Crippen molar-refractivity contribution in [1.29, 1.82) is 0 Å². The molecule has 1 aliphatic heterocycles. The Morgan fingerprint density at radius 1 is 1.52 bits per heavy atom. The molecule has 1 aliphatic rings. The number of carboxylic acids is 1. The summed E-state index contributed by atoms with van der Waals surface area (Å²) in [7, 11) is 0. The van der Waals surface area contributed by atoms with E-state index in [9.17, 15) is 4.79 Å². The molecule has 1 rings (SSSR count). The highest BCUT2D eigenvalue weighted by Gasteiger charge is 2.09. The number of aliphatic carboxylic acids is 1. The van der Waals surface area contributed by atoms with E-state index in [4.69, 9.17) is 22.3 Å². The molecule has 0 saturated carbocycles. The summed E-state index contributed by atoms with van der Waals surface area (Å²) in [6.45, 7) is 8.24. The van der Waals surface area contributed by atoms with E-state index in [1.54, 1.807) is 0 Å². The second kappa shape index (κ2) is 10.6. The molecule has 0 aromatic heterocycles. The summed E-state index contributed by atoms with van der Waals surface area (Å²) in [5.41, 5.74) is 15.3. The van der Waals surface area contributed by atoms with Crippen molar-refractivity contribution in [3.05, 3.63) is 25.2 Å². The molecule has 0 aromatic carbocycles. The van der Waals surface area contributed by atoms with Crippen LogP contribution < -0.4 is 17.2 Å². The molecule has 0 fully saturated rings. The smallest absolute Gasteiger partial charge is 0.320 e. The van der Waals surface area contributed by atoms with Crippen LogP contribution in [-0.4, -0.2) is 52.6 Å². The molecule has 1 heterocycles. The van der Waals surface area contributed by atoms with E-state index in [0.29, 0.717) is 19.4 Å². The van der Waals surface area contributed by atoms with Crippen LogP contribution in [0.5, 0.6) is 0 Å². The fourth-order valence-corrected chi connectivity index (χ4v) is 1.45. The van der Waals surface area contributed by atoms with Crippen molar-refractivity contribution in [2.24, 2.45) is 22.2 Å². The summed E-state index contributed by atoms with van der Waals surface area (Å²) in [6, 6.07) is -0.820. The van der Waals surface area contributed by atoms with Crippen LogP contribution in [0.4, 0.5) is 0 Å². The highest BCUT2D eigenvalue weighted by atomic mass is 16.4. The molecule has 120 valence electrons. The first-order valence-corrected chi connectivity index (χ1v) is 6.75. The van der Waals surface area contributed by atoms with Crippen LogP contribution in [0.2, 0.25) is 0 Å². The molecule has 0 radical (unpaired) electrons. The van der Waals surface area contributed by atoms with Crippen LogP contribution >= 0.6 is 0 Å². The summed E-state index contributed by atoms with van der Waals surface area (Å²) >= 11 is 0. The standard InChI is InChI=1S/C7H12N2.C6H14N4O2/c1-3-8-5-6-9(4-2)7-8;7-4(5(11)12)2-1-3-10-6(8)9/h3,5-6H,1,4,7H2,2H3;4H,1-3,7H2,(H,11,12)(H4,8,9,10). The largest absolute Gasteiger partial charge is 0.480 e. The van der Waals surface area contributed by atoms with Crippen molar-refractivity contribution in [3.63, 3.8) is 0 Å². The number of nitrogens with two attached hydrogens (primary N) is 3. The third kappa shape index (κ3) is 9.33. The average molecular weight is 298 g/mol. The molecular weight excluding hydrogens is 272 g/mol. The Labute approximate surface area is 125 Å². The summed E-state index contributed by atoms with van der Waals surface area (Å²) in [6.07, 6.45) is 6.88. The molecule has 0 bridgehead atoms. The Kier molecular flexibility index (Phi) is 9.44. The minimum Gasteiger partial charge on any atom is -0.480 e. The van der Waals surface area contributed by atoms with Gasteiger partial charge in [0.2, 0.25) is 0 Å². The molecule has 0 aromatic rings. The molecular formula is C13H26N6O2. The van der Waals surface area contributed by atoms with Gasteiger partial charge in [-0.15, -0.1) is 0 Å². The summed E-state index contributed by atoms with van der Waals surface area (Å²) in [4.78, 5) is 18.2. The van der Waals surface area contributed by atoms with Gasteiger partial charge in [0.1, 0.15) is 6.04 Å². The van der Waals surface area contributed by atoms with Crippen LogP contribution in [-0.2, 0) is 4.79 Å². The Balaban J connectivity index is 0.000000394. The van der Waals surface area contributed by atoms with Gasteiger partial charge in [-0.05, 0) is 26.0 Å². The molecule has 0 saturated heterocycles. The molecule has 8 nitrogen and oxygen atoms in total. The first kappa shape index (κ1) is 18.8. The van der Waals surface area contributed by atoms with E-state index >= 15 is 0 Å². The maximum absolute atomic E-state index is 10.2. The first-order valence-electron chi connectivity index (χ1n) is 6.75. The summed E-state index contributed by atoms with van der Waals surface area (Å²) < 4.78 is 0. The zero-order chi connectivity index (χ0) is 16.3. The van der Waals surface area contributed by atoms with Gasteiger partial charge in [0.05, 0.1) is 6.67 Å². The lowest BCUT2D eigenvalue weighted by Gasteiger charge is -2.15. The Bertz CT molecular complexity index is 379.